The Hall–Kier alpha value is -3.99. The third-order valence-corrected chi connectivity index (χ3v) is 4.79. The van der Waals surface area contributed by atoms with Gasteiger partial charge in [-0.25, -0.2) is 19.2 Å². The second-order valence-electron chi connectivity index (χ2n) is 7.05. The number of amides is 1. The van der Waals surface area contributed by atoms with Crippen molar-refractivity contribution >= 4 is 22.6 Å². The standard InChI is InChI=1S/C22H16F4N4O3/c1-12-7-16-17(5-6-18(20(16)23)33-19-9-15(10-31)27-11-28-19)30(12)21(32)29-14-4-2-3-13(8-14)22(24,25)26/h2-9,11,31H,10H2,1H3,(H,29,32). The third kappa shape index (κ3) is 4.48. The number of anilines is 1. The molecule has 33 heavy (non-hydrogen) atoms. The smallest absolute Gasteiger partial charge is 0.416 e. The van der Waals surface area contributed by atoms with Crippen LogP contribution in [0.15, 0.2) is 54.9 Å². The number of alkyl halides is 3. The molecule has 0 spiro atoms. The fourth-order valence-electron chi connectivity index (χ4n) is 3.29. The first-order valence-corrected chi connectivity index (χ1v) is 9.56. The normalized spacial score (nSPS) is 11.6. The molecule has 2 heterocycles. The second kappa shape index (κ2) is 8.51. The van der Waals surface area contributed by atoms with Crippen molar-refractivity contribution in [1.29, 1.82) is 0 Å². The Kier molecular flexibility index (Phi) is 5.73. The SMILES string of the molecule is Cc1cc2c(F)c(Oc3cc(CO)ncn3)ccc2n1C(=O)Nc1cccc(C(F)(F)F)c1. The molecule has 0 bridgehead atoms. The van der Waals surface area contributed by atoms with Gasteiger partial charge in [-0.3, -0.25) is 4.57 Å². The van der Waals surface area contributed by atoms with Crippen LogP contribution in [-0.2, 0) is 12.8 Å². The lowest BCUT2D eigenvalue weighted by Crippen LogP contribution is -2.20. The first-order chi connectivity index (χ1) is 15.7. The molecule has 2 aromatic carbocycles. The van der Waals surface area contributed by atoms with E-state index in [1.165, 1.54) is 36.4 Å². The molecule has 7 nitrogen and oxygen atoms in total. The number of benzene rings is 2. The number of nitrogens with one attached hydrogen (secondary N) is 1. The number of nitrogens with zero attached hydrogens (tertiary/aromatic N) is 3. The van der Waals surface area contributed by atoms with Crippen LogP contribution < -0.4 is 10.1 Å². The molecule has 11 heteroatoms. The van der Waals surface area contributed by atoms with Gasteiger partial charge < -0.3 is 15.2 Å². The lowest BCUT2D eigenvalue weighted by atomic mass is 10.2. The average Bonchev–Trinajstić information content (AvgIpc) is 3.12. The highest BCUT2D eigenvalue weighted by atomic mass is 19.4. The van der Waals surface area contributed by atoms with Gasteiger partial charge in [0.05, 0.1) is 23.4 Å². The van der Waals surface area contributed by atoms with Gasteiger partial charge in [0, 0.05) is 22.8 Å². The van der Waals surface area contributed by atoms with Crippen LogP contribution in [0.1, 0.15) is 17.0 Å². The van der Waals surface area contributed by atoms with E-state index in [0.717, 1.165) is 23.0 Å². The van der Waals surface area contributed by atoms with E-state index >= 15 is 4.39 Å². The highest BCUT2D eigenvalue weighted by molar-refractivity contribution is 6.00. The van der Waals surface area contributed by atoms with Gasteiger partial charge in [0.1, 0.15) is 6.33 Å². The van der Waals surface area contributed by atoms with E-state index in [2.05, 4.69) is 15.3 Å². The van der Waals surface area contributed by atoms with Crippen LogP contribution in [0, 0.1) is 12.7 Å². The molecule has 4 rings (SSSR count). The first kappa shape index (κ1) is 22.2. The van der Waals surface area contributed by atoms with Gasteiger partial charge in [0.25, 0.3) is 0 Å². The first-order valence-electron chi connectivity index (χ1n) is 9.56. The zero-order valence-corrected chi connectivity index (χ0v) is 17.0. The lowest BCUT2D eigenvalue weighted by molar-refractivity contribution is -0.137. The van der Waals surface area contributed by atoms with Gasteiger partial charge >= 0.3 is 12.2 Å². The molecule has 0 aliphatic carbocycles. The number of carbonyl (C=O) groups excluding carboxylic acids is 1. The number of aromatic nitrogens is 3. The number of aryl methyl sites for hydroxylation is 1. The number of aliphatic hydroxyl groups excluding tert-OH is 1. The van der Waals surface area contributed by atoms with E-state index in [1.54, 1.807) is 6.92 Å². The summed E-state index contributed by atoms with van der Waals surface area (Å²) in [6, 6.07) is 8.97. The molecule has 0 aliphatic heterocycles. The summed E-state index contributed by atoms with van der Waals surface area (Å²) in [6.45, 7) is 1.22. The summed E-state index contributed by atoms with van der Waals surface area (Å²) in [6.07, 6.45) is -3.39. The van der Waals surface area contributed by atoms with Crippen molar-refractivity contribution in [3.8, 4) is 11.6 Å². The van der Waals surface area contributed by atoms with E-state index in [-0.39, 0.29) is 40.5 Å². The largest absolute Gasteiger partial charge is 0.436 e. The summed E-state index contributed by atoms with van der Waals surface area (Å²) in [4.78, 5) is 20.5. The summed E-state index contributed by atoms with van der Waals surface area (Å²) in [5.41, 5.74) is -0.123. The lowest BCUT2D eigenvalue weighted by Gasteiger charge is -2.12. The number of fused-ring (bicyclic) bond motifs is 1. The third-order valence-electron chi connectivity index (χ3n) is 4.79. The second-order valence-corrected chi connectivity index (χ2v) is 7.05. The minimum atomic E-state index is -4.56. The van der Waals surface area contributed by atoms with Crippen molar-refractivity contribution in [3.05, 3.63) is 77.6 Å². The zero-order chi connectivity index (χ0) is 23.8. The van der Waals surface area contributed by atoms with Gasteiger partial charge in [0.15, 0.2) is 11.6 Å². The molecule has 0 radical (unpaired) electrons. The molecule has 0 aliphatic rings. The van der Waals surface area contributed by atoms with Gasteiger partial charge in [-0.05, 0) is 43.3 Å². The Labute approximate surface area is 184 Å². The minimum Gasteiger partial charge on any atom is -0.436 e. The molecule has 0 fully saturated rings. The van der Waals surface area contributed by atoms with Crippen LogP contribution in [-0.4, -0.2) is 25.7 Å². The molecule has 170 valence electrons. The Morgan fingerprint density at radius 2 is 1.94 bits per heavy atom. The molecular formula is C22H16F4N4O3. The van der Waals surface area contributed by atoms with Crippen molar-refractivity contribution in [3.63, 3.8) is 0 Å². The number of hydrogen-bond donors (Lipinski definition) is 2. The highest BCUT2D eigenvalue weighted by Crippen LogP contribution is 2.33. The number of halogens is 4. The number of hydrogen-bond acceptors (Lipinski definition) is 5. The zero-order valence-electron chi connectivity index (χ0n) is 17.0. The quantitative estimate of drug-likeness (QED) is 0.406. The highest BCUT2D eigenvalue weighted by Gasteiger charge is 2.30. The van der Waals surface area contributed by atoms with Crippen molar-refractivity contribution in [2.24, 2.45) is 0 Å². The van der Waals surface area contributed by atoms with E-state index in [4.69, 9.17) is 9.84 Å². The van der Waals surface area contributed by atoms with Gasteiger partial charge in [-0.2, -0.15) is 13.2 Å². The molecule has 0 saturated heterocycles. The van der Waals surface area contributed by atoms with Gasteiger partial charge in [-0.1, -0.05) is 6.07 Å². The van der Waals surface area contributed by atoms with Crippen molar-refractivity contribution in [2.45, 2.75) is 19.7 Å². The summed E-state index contributed by atoms with van der Waals surface area (Å²) in [5.74, 6) is -0.906. The minimum absolute atomic E-state index is 0.0192. The van der Waals surface area contributed by atoms with Crippen molar-refractivity contribution in [2.75, 3.05) is 5.32 Å². The maximum atomic E-state index is 15.1. The maximum Gasteiger partial charge on any atom is 0.416 e. The van der Waals surface area contributed by atoms with Crippen molar-refractivity contribution in [1.82, 2.24) is 14.5 Å². The van der Waals surface area contributed by atoms with Gasteiger partial charge in [0.2, 0.25) is 5.88 Å². The number of rotatable bonds is 4. The van der Waals surface area contributed by atoms with Crippen LogP contribution in [0.25, 0.3) is 10.9 Å². The summed E-state index contributed by atoms with van der Waals surface area (Å²) >= 11 is 0. The Morgan fingerprint density at radius 3 is 2.67 bits per heavy atom. The van der Waals surface area contributed by atoms with Crippen LogP contribution in [0.3, 0.4) is 0 Å². The van der Waals surface area contributed by atoms with Crippen molar-refractivity contribution < 1.29 is 32.2 Å². The van der Waals surface area contributed by atoms with E-state index < -0.39 is 23.6 Å². The van der Waals surface area contributed by atoms with Crippen LogP contribution in [0.4, 0.5) is 28.0 Å². The molecular weight excluding hydrogens is 444 g/mol. The Bertz CT molecular complexity index is 1350. The number of aliphatic hydroxyl groups is 1. The molecule has 1 amide bonds. The molecule has 0 atom stereocenters. The van der Waals surface area contributed by atoms with Crippen LogP contribution in [0.5, 0.6) is 11.6 Å². The molecule has 2 N–H and O–H groups in total. The summed E-state index contributed by atoms with van der Waals surface area (Å²) in [7, 11) is 0. The Morgan fingerprint density at radius 1 is 1.15 bits per heavy atom. The predicted octanol–water partition coefficient (Wildman–Crippen LogP) is 5.26. The Balaban J connectivity index is 1.65. The fraction of sp³-hybridized carbons (Fsp3) is 0.136. The molecule has 2 aromatic heterocycles. The topological polar surface area (TPSA) is 89.3 Å². The summed E-state index contributed by atoms with van der Waals surface area (Å²) < 4.78 is 60.5. The molecule has 0 unspecified atom stereocenters. The molecule has 4 aromatic rings. The van der Waals surface area contributed by atoms with Crippen LogP contribution in [0.2, 0.25) is 0 Å². The van der Waals surface area contributed by atoms with E-state index in [9.17, 15) is 18.0 Å². The fourth-order valence-corrected chi connectivity index (χ4v) is 3.29. The molecule has 0 saturated carbocycles. The maximum absolute atomic E-state index is 15.1. The van der Waals surface area contributed by atoms with E-state index in [1.807, 2.05) is 0 Å². The monoisotopic (exact) mass is 460 g/mol. The number of ether oxygens (including phenoxy) is 1. The van der Waals surface area contributed by atoms with E-state index in [0.29, 0.717) is 5.69 Å². The average molecular weight is 460 g/mol. The summed E-state index contributed by atoms with van der Waals surface area (Å²) in [5, 5.41) is 11.6. The van der Waals surface area contributed by atoms with Gasteiger partial charge in [-0.15, -0.1) is 0 Å². The number of carbonyl (C=O) groups is 1. The predicted molar refractivity (Wildman–Crippen MR) is 111 cm³/mol. The van der Waals surface area contributed by atoms with Crippen LogP contribution >= 0.6 is 0 Å².